The van der Waals surface area contributed by atoms with Crippen molar-refractivity contribution in [3.63, 3.8) is 0 Å². The molecule has 3 amide bonds. The third-order valence-electron chi connectivity index (χ3n) is 6.97. The van der Waals surface area contributed by atoms with E-state index in [9.17, 15) is 14.4 Å². The van der Waals surface area contributed by atoms with Crippen LogP contribution in [0.25, 0.3) is 0 Å². The van der Waals surface area contributed by atoms with E-state index in [1.165, 1.54) is 4.90 Å². The molecule has 1 aromatic heterocycles. The summed E-state index contributed by atoms with van der Waals surface area (Å²) >= 11 is 0. The van der Waals surface area contributed by atoms with Crippen LogP contribution < -0.4 is 5.32 Å². The van der Waals surface area contributed by atoms with Crippen molar-refractivity contribution in [2.45, 2.75) is 18.9 Å². The maximum Gasteiger partial charge on any atom is 0.233 e. The van der Waals surface area contributed by atoms with E-state index in [0.717, 1.165) is 25.3 Å². The number of carbonyl (C=O) groups excluding carboxylic acids is 3. The second-order valence-corrected chi connectivity index (χ2v) is 8.56. The van der Waals surface area contributed by atoms with E-state index < -0.39 is 0 Å². The van der Waals surface area contributed by atoms with Gasteiger partial charge in [-0.2, -0.15) is 0 Å². The summed E-state index contributed by atoms with van der Waals surface area (Å²) in [5.41, 5.74) is 0. The summed E-state index contributed by atoms with van der Waals surface area (Å²) in [5.74, 6) is 0.403. The molecular formula is C22H27N3O5. The summed E-state index contributed by atoms with van der Waals surface area (Å²) in [5, 5.41) is 2.96. The minimum Gasteiger partial charge on any atom is -0.468 e. The highest BCUT2D eigenvalue weighted by atomic mass is 16.5. The maximum atomic E-state index is 12.7. The lowest BCUT2D eigenvalue weighted by atomic mass is 9.85. The van der Waals surface area contributed by atoms with Crippen molar-refractivity contribution in [3.8, 4) is 0 Å². The normalized spacial score (nSPS) is 31.4. The molecule has 5 rings (SSSR count). The predicted molar refractivity (Wildman–Crippen MR) is 106 cm³/mol. The minimum atomic E-state index is -0.208. The van der Waals surface area contributed by atoms with Crippen LogP contribution in [-0.4, -0.2) is 66.9 Å². The fourth-order valence-electron chi connectivity index (χ4n) is 5.48. The lowest BCUT2D eigenvalue weighted by Gasteiger charge is -2.33. The van der Waals surface area contributed by atoms with Crippen molar-refractivity contribution in [3.05, 3.63) is 36.3 Å². The first kappa shape index (κ1) is 19.5. The van der Waals surface area contributed by atoms with Crippen LogP contribution in [0, 0.1) is 23.7 Å². The summed E-state index contributed by atoms with van der Waals surface area (Å²) < 4.78 is 11.0. The first-order chi connectivity index (χ1) is 14.6. The summed E-state index contributed by atoms with van der Waals surface area (Å²) in [6.45, 7) is 3.42. The molecule has 0 radical (unpaired) electrons. The number of ether oxygens (including phenoxy) is 1. The molecular weight excluding hydrogens is 386 g/mol. The van der Waals surface area contributed by atoms with E-state index in [4.69, 9.17) is 9.15 Å². The van der Waals surface area contributed by atoms with Gasteiger partial charge in [-0.1, -0.05) is 12.2 Å². The van der Waals surface area contributed by atoms with Crippen molar-refractivity contribution >= 4 is 17.7 Å². The van der Waals surface area contributed by atoms with Crippen molar-refractivity contribution in [1.29, 1.82) is 0 Å². The summed E-state index contributed by atoms with van der Waals surface area (Å²) in [6.07, 6.45) is 6.82. The number of hydrogen-bond acceptors (Lipinski definition) is 6. The van der Waals surface area contributed by atoms with Gasteiger partial charge in [-0.05, 0) is 30.4 Å². The van der Waals surface area contributed by atoms with Gasteiger partial charge in [0, 0.05) is 32.6 Å². The van der Waals surface area contributed by atoms with Crippen molar-refractivity contribution in [1.82, 2.24) is 15.1 Å². The number of rotatable bonds is 7. The SMILES string of the molecule is O=C(CCN1C(=O)[C@@H]2[C@H](C1=O)[C@H]1C=C[C@H]2C1)NC[C@@H](c1ccco1)N1CCOCC1. The molecule has 2 aliphatic heterocycles. The Morgan fingerprint density at radius 2 is 1.83 bits per heavy atom. The van der Waals surface area contributed by atoms with Gasteiger partial charge >= 0.3 is 0 Å². The van der Waals surface area contributed by atoms with E-state index in [1.807, 2.05) is 12.1 Å². The zero-order valence-corrected chi connectivity index (χ0v) is 16.9. The van der Waals surface area contributed by atoms with Gasteiger partial charge < -0.3 is 14.5 Å². The largest absolute Gasteiger partial charge is 0.468 e. The molecule has 1 saturated carbocycles. The van der Waals surface area contributed by atoms with Crippen LogP contribution in [-0.2, 0) is 19.1 Å². The Bertz CT molecular complexity index is 815. The molecule has 8 heteroatoms. The zero-order chi connectivity index (χ0) is 20.7. The summed E-state index contributed by atoms with van der Waals surface area (Å²) in [6, 6.07) is 3.69. The van der Waals surface area contributed by atoms with Gasteiger partial charge in [-0.3, -0.25) is 24.2 Å². The maximum absolute atomic E-state index is 12.7. The fourth-order valence-corrected chi connectivity index (χ4v) is 5.48. The van der Waals surface area contributed by atoms with Crippen molar-refractivity contribution in [2.24, 2.45) is 23.7 Å². The number of nitrogens with zero attached hydrogens (tertiary/aromatic N) is 2. The molecule has 3 fully saturated rings. The molecule has 160 valence electrons. The van der Waals surface area contributed by atoms with Crippen molar-refractivity contribution in [2.75, 3.05) is 39.4 Å². The number of fused-ring (bicyclic) bond motifs is 5. The van der Waals surface area contributed by atoms with Crippen LogP contribution in [0.5, 0.6) is 0 Å². The molecule has 2 aliphatic carbocycles. The Kier molecular flexibility index (Phi) is 5.20. The number of carbonyl (C=O) groups is 3. The Hall–Kier alpha value is -2.45. The number of allylic oxidation sites excluding steroid dienone is 2. The van der Waals surface area contributed by atoms with Crippen molar-refractivity contribution < 1.29 is 23.5 Å². The Morgan fingerprint density at radius 3 is 2.47 bits per heavy atom. The van der Waals surface area contributed by atoms with Crippen LogP contribution in [0.4, 0.5) is 0 Å². The van der Waals surface area contributed by atoms with E-state index in [1.54, 1.807) is 6.26 Å². The van der Waals surface area contributed by atoms with Crippen LogP contribution >= 0.6 is 0 Å². The average Bonchev–Trinajstić information content (AvgIpc) is 3.54. The lowest BCUT2D eigenvalue weighted by molar-refractivity contribution is -0.141. The molecule has 3 heterocycles. The second kappa shape index (κ2) is 8.00. The third-order valence-corrected chi connectivity index (χ3v) is 6.97. The first-order valence-corrected chi connectivity index (χ1v) is 10.8. The molecule has 30 heavy (non-hydrogen) atoms. The average molecular weight is 413 g/mol. The Labute approximate surface area is 175 Å². The van der Waals surface area contributed by atoms with Crippen LogP contribution in [0.1, 0.15) is 24.6 Å². The van der Waals surface area contributed by atoms with Gasteiger partial charge in [0.05, 0.1) is 37.4 Å². The molecule has 1 aromatic rings. The molecule has 4 aliphatic rings. The van der Waals surface area contributed by atoms with Gasteiger partial charge in [0.2, 0.25) is 17.7 Å². The quantitative estimate of drug-likeness (QED) is 0.529. The van der Waals surface area contributed by atoms with Gasteiger partial charge in [0.15, 0.2) is 0 Å². The smallest absolute Gasteiger partial charge is 0.233 e. The Balaban J connectivity index is 1.15. The number of imide groups is 1. The number of furan rings is 1. The molecule has 5 atom stereocenters. The molecule has 0 spiro atoms. The predicted octanol–water partition coefficient (Wildman–Crippen LogP) is 0.966. The van der Waals surface area contributed by atoms with Gasteiger partial charge in [-0.15, -0.1) is 0 Å². The number of amides is 3. The molecule has 0 aromatic carbocycles. The number of nitrogens with one attached hydrogen (secondary N) is 1. The highest BCUT2D eigenvalue weighted by Gasteiger charge is 2.59. The van der Waals surface area contributed by atoms with E-state index >= 15 is 0 Å². The third kappa shape index (κ3) is 3.37. The van der Waals surface area contributed by atoms with E-state index in [2.05, 4.69) is 22.4 Å². The topological polar surface area (TPSA) is 92.1 Å². The highest BCUT2D eigenvalue weighted by molar-refractivity contribution is 6.06. The monoisotopic (exact) mass is 413 g/mol. The Morgan fingerprint density at radius 1 is 1.13 bits per heavy atom. The number of morpholine rings is 1. The number of hydrogen-bond donors (Lipinski definition) is 1. The zero-order valence-electron chi connectivity index (χ0n) is 16.9. The molecule has 8 nitrogen and oxygen atoms in total. The van der Waals surface area contributed by atoms with E-state index in [0.29, 0.717) is 19.8 Å². The first-order valence-electron chi connectivity index (χ1n) is 10.8. The van der Waals surface area contributed by atoms with E-state index in [-0.39, 0.29) is 60.4 Å². The second-order valence-electron chi connectivity index (χ2n) is 8.56. The molecule has 2 saturated heterocycles. The molecule has 2 bridgehead atoms. The van der Waals surface area contributed by atoms with Crippen LogP contribution in [0.3, 0.4) is 0 Å². The fraction of sp³-hybridized carbons (Fsp3) is 0.591. The molecule has 0 unspecified atom stereocenters. The highest BCUT2D eigenvalue weighted by Crippen LogP contribution is 2.52. The minimum absolute atomic E-state index is 0.0658. The van der Waals surface area contributed by atoms with Crippen LogP contribution in [0.15, 0.2) is 35.0 Å². The summed E-state index contributed by atoms with van der Waals surface area (Å²) in [4.78, 5) is 41.5. The molecule has 1 N–H and O–H groups in total. The van der Waals surface area contributed by atoms with Gasteiger partial charge in [0.1, 0.15) is 5.76 Å². The number of likely N-dealkylation sites (tertiary alicyclic amines) is 1. The van der Waals surface area contributed by atoms with Crippen LogP contribution in [0.2, 0.25) is 0 Å². The standard InChI is InChI=1S/C22H27N3O5/c26-18(23-13-16(17-2-1-9-30-17)24-7-10-29-11-8-24)5-6-25-21(27)19-14-3-4-15(12-14)20(19)22(25)28/h1-4,9,14-16,19-20H,5-8,10-13H2,(H,23,26)/t14-,15-,16-,19-,20+/m0/s1. The van der Waals surface area contributed by atoms with Gasteiger partial charge in [0.25, 0.3) is 0 Å². The lowest BCUT2D eigenvalue weighted by Crippen LogP contribution is -2.44. The summed E-state index contributed by atoms with van der Waals surface area (Å²) in [7, 11) is 0. The van der Waals surface area contributed by atoms with Gasteiger partial charge in [-0.25, -0.2) is 0 Å².